The number of aromatic nitrogens is 2. The standard InChI is InChI=1S/C22H28F3N4O8PS/c1-12(2)35-18(31)13(3)28-38(33,37-14-7-5-4-6-8-14)34-11-15-17(30)21(32,22(23,24)25)19(36-15)29-10-9-16(26)27-20(29)39/h4-10,12-13,15,17,19,30,32H,11H2,1-3H3,(H,28,33)(H2,26,27,39)/t13-,15+,17-,19+,21?,38?/m0/s1. The second-order valence-corrected chi connectivity index (χ2v) is 10.9. The van der Waals surface area contributed by atoms with Crippen LogP contribution in [0.3, 0.4) is 0 Å². The fourth-order valence-corrected chi connectivity index (χ4v) is 5.36. The molecule has 0 radical (unpaired) electrons. The number of alkyl halides is 3. The van der Waals surface area contributed by atoms with Gasteiger partial charge in [0, 0.05) is 6.20 Å². The molecular weight excluding hydrogens is 568 g/mol. The number of aliphatic hydroxyl groups excluding tert-OH is 1. The summed E-state index contributed by atoms with van der Waals surface area (Å²) in [6, 6.07) is 7.47. The third kappa shape index (κ3) is 6.95. The van der Waals surface area contributed by atoms with Gasteiger partial charge in [0.1, 0.15) is 29.8 Å². The molecule has 1 fully saturated rings. The molecule has 1 aliphatic heterocycles. The molecule has 6 atom stereocenters. The third-order valence-corrected chi connectivity index (χ3v) is 7.42. The van der Waals surface area contributed by atoms with Gasteiger partial charge in [-0.3, -0.25) is 13.9 Å². The number of para-hydroxylation sites is 1. The Bertz CT molecular complexity index is 1270. The van der Waals surface area contributed by atoms with Crippen molar-refractivity contribution in [2.24, 2.45) is 0 Å². The minimum Gasteiger partial charge on any atom is -0.462 e. The summed E-state index contributed by atoms with van der Waals surface area (Å²) < 4.78 is 77.2. The Labute approximate surface area is 226 Å². The average molecular weight is 597 g/mol. The molecule has 1 aliphatic rings. The van der Waals surface area contributed by atoms with Crippen molar-refractivity contribution >= 4 is 31.8 Å². The maximum absolute atomic E-state index is 14.1. The minimum atomic E-state index is -5.42. The highest BCUT2D eigenvalue weighted by Crippen LogP contribution is 2.51. The number of anilines is 1. The molecule has 0 spiro atoms. The summed E-state index contributed by atoms with van der Waals surface area (Å²) in [5.41, 5.74) is 1.64. The molecule has 1 aromatic heterocycles. The van der Waals surface area contributed by atoms with Crippen LogP contribution < -0.4 is 15.3 Å². The third-order valence-electron chi connectivity index (χ3n) is 5.48. The molecule has 2 heterocycles. The fraction of sp³-hybridized carbons (Fsp3) is 0.500. The molecule has 216 valence electrons. The minimum absolute atomic E-state index is 0.0366. The summed E-state index contributed by atoms with van der Waals surface area (Å²) >= 11 is 4.96. The molecule has 0 bridgehead atoms. The van der Waals surface area contributed by atoms with Crippen LogP contribution in [0.25, 0.3) is 0 Å². The van der Waals surface area contributed by atoms with E-state index in [1.807, 2.05) is 0 Å². The Morgan fingerprint density at radius 3 is 2.51 bits per heavy atom. The number of esters is 1. The number of hydrogen-bond acceptors (Lipinski definition) is 11. The Balaban J connectivity index is 1.89. The van der Waals surface area contributed by atoms with Crippen molar-refractivity contribution < 1.29 is 51.3 Å². The lowest BCUT2D eigenvalue weighted by molar-refractivity contribution is -0.304. The van der Waals surface area contributed by atoms with E-state index in [1.165, 1.54) is 19.1 Å². The van der Waals surface area contributed by atoms with E-state index in [1.54, 1.807) is 32.0 Å². The van der Waals surface area contributed by atoms with Crippen LogP contribution in [-0.4, -0.2) is 68.5 Å². The van der Waals surface area contributed by atoms with Gasteiger partial charge in [-0.2, -0.15) is 18.3 Å². The summed E-state index contributed by atoms with van der Waals surface area (Å²) in [5, 5.41) is 23.6. The smallest absolute Gasteiger partial charge is 0.459 e. The van der Waals surface area contributed by atoms with Crippen LogP contribution in [0, 0.1) is 4.77 Å². The summed E-state index contributed by atoms with van der Waals surface area (Å²) in [6.45, 7) is 3.53. The lowest BCUT2D eigenvalue weighted by atomic mass is 9.93. The number of benzene rings is 1. The second-order valence-electron chi connectivity index (χ2n) is 8.87. The van der Waals surface area contributed by atoms with Crippen LogP contribution in [-0.2, 0) is 23.4 Å². The number of hydrogen-bond donors (Lipinski definition) is 4. The van der Waals surface area contributed by atoms with Crippen LogP contribution in [0.2, 0.25) is 0 Å². The zero-order valence-corrected chi connectivity index (χ0v) is 22.7. The molecule has 17 heteroatoms. The Hall–Kier alpha value is -2.59. The van der Waals surface area contributed by atoms with E-state index in [9.17, 15) is 32.7 Å². The fourth-order valence-electron chi connectivity index (χ4n) is 3.60. The Morgan fingerprint density at radius 2 is 1.95 bits per heavy atom. The highest BCUT2D eigenvalue weighted by atomic mass is 32.1. The largest absolute Gasteiger partial charge is 0.462 e. The van der Waals surface area contributed by atoms with E-state index in [0.717, 1.165) is 12.3 Å². The van der Waals surface area contributed by atoms with Crippen molar-refractivity contribution in [3.8, 4) is 5.75 Å². The molecule has 3 rings (SSSR count). The first-order valence-electron chi connectivity index (χ1n) is 11.5. The summed E-state index contributed by atoms with van der Waals surface area (Å²) in [6.07, 6.45) is -11.7. The van der Waals surface area contributed by atoms with E-state index in [2.05, 4.69) is 10.1 Å². The number of nitrogens with zero attached hydrogens (tertiary/aromatic N) is 2. The SMILES string of the molecule is CC(C)OC(=O)[C@H](C)NP(=O)(OC[C@H]1O[C@@H](n2ccc(N)nc2=S)C(O)(C(F)(F)F)[C@H]1O)Oc1ccccc1. The summed E-state index contributed by atoms with van der Waals surface area (Å²) in [7, 11) is -4.53. The Kier molecular flexibility index (Phi) is 9.43. The Morgan fingerprint density at radius 1 is 1.31 bits per heavy atom. The van der Waals surface area contributed by atoms with Crippen molar-refractivity contribution in [3.63, 3.8) is 0 Å². The van der Waals surface area contributed by atoms with E-state index in [4.69, 9.17) is 36.5 Å². The molecule has 0 aliphatic carbocycles. The molecule has 2 aromatic rings. The lowest BCUT2D eigenvalue weighted by Crippen LogP contribution is -2.57. The van der Waals surface area contributed by atoms with Crippen molar-refractivity contribution in [1.29, 1.82) is 0 Å². The van der Waals surface area contributed by atoms with Crippen LogP contribution in [0.15, 0.2) is 42.6 Å². The number of carbonyl (C=O) groups excluding carboxylic acids is 1. The predicted molar refractivity (Wildman–Crippen MR) is 133 cm³/mol. The van der Waals surface area contributed by atoms with E-state index < -0.39 is 67.5 Å². The van der Waals surface area contributed by atoms with Gasteiger partial charge in [0.25, 0.3) is 0 Å². The number of rotatable bonds is 10. The topological polar surface area (TPSA) is 167 Å². The summed E-state index contributed by atoms with van der Waals surface area (Å²) in [4.78, 5) is 16.0. The number of carbonyl (C=O) groups is 1. The molecule has 1 saturated heterocycles. The van der Waals surface area contributed by atoms with E-state index in [0.29, 0.717) is 4.57 Å². The predicted octanol–water partition coefficient (Wildman–Crippen LogP) is 2.88. The molecular formula is C22H28F3N4O8PS. The molecule has 2 unspecified atom stereocenters. The number of nitrogens with one attached hydrogen (secondary N) is 1. The van der Waals surface area contributed by atoms with Gasteiger partial charge in [0.05, 0.1) is 12.7 Å². The van der Waals surface area contributed by atoms with Gasteiger partial charge in [-0.25, -0.2) is 9.55 Å². The average Bonchev–Trinajstić information content (AvgIpc) is 3.09. The maximum Gasteiger partial charge on any atom is 0.459 e. The van der Waals surface area contributed by atoms with Crippen LogP contribution >= 0.6 is 20.0 Å². The number of halogens is 3. The molecule has 5 N–H and O–H groups in total. The molecule has 12 nitrogen and oxygen atoms in total. The molecule has 39 heavy (non-hydrogen) atoms. The lowest BCUT2D eigenvalue weighted by Gasteiger charge is -2.33. The van der Waals surface area contributed by atoms with Crippen molar-refractivity contribution in [1.82, 2.24) is 14.6 Å². The number of aliphatic hydroxyl groups is 2. The van der Waals surface area contributed by atoms with E-state index >= 15 is 0 Å². The van der Waals surface area contributed by atoms with Gasteiger partial charge in [0.15, 0.2) is 6.23 Å². The number of nitrogen functional groups attached to an aromatic ring is 1. The van der Waals surface area contributed by atoms with Crippen molar-refractivity contribution in [3.05, 3.63) is 47.4 Å². The molecule has 1 aromatic carbocycles. The highest BCUT2D eigenvalue weighted by Gasteiger charge is 2.71. The van der Waals surface area contributed by atoms with Gasteiger partial charge in [-0.1, -0.05) is 18.2 Å². The van der Waals surface area contributed by atoms with Gasteiger partial charge in [-0.15, -0.1) is 0 Å². The quantitative estimate of drug-likeness (QED) is 0.180. The van der Waals surface area contributed by atoms with Crippen LogP contribution in [0.1, 0.15) is 27.0 Å². The zero-order valence-electron chi connectivity index (χ0n) is 20.9. The summed E-state index contributed by atoms with van der Waals surface area (Å²) in [5.74, 6) is -0.866. The first-order chi connectivity index (χ1) is 18.1. The van der Waals surface area contributed by atoms with Gasteiger partial charge in [0.2, 0.25) is 10.4 Å². The van der Waals surface area contributed by atoms with Gasteiger partial charge >= 0.3 is 19.9 Å². The molecule has 0 saturated carbocycles. The first kappa shape index (κ1) is 30.9. The van der Waals surface area contributed by atoms with Gasteiger partial charge < -0.3 is 29.9 Å². The van der Waals surface area contributed by atoms with Crippen LogP contribution in [0.4, 0.5) is 19.0 Å². The van der Waals surface area contributed by atoms with Crippen molar-refractivity contribution in [2.75, 3.05) is 12.3 Å². The molecule has 0 amide bonds. The monoisotopic (exact) mass is 596 g/mol. The van der Waals surface area contributed by atoms with E-state index in [-0.39, 0.29) is 11.6 Å². The van der Waals surface area contributed by atoms with Crippen molar-refractivity contribution in [2.45, 2.75) is 63.1 Å². The van der Waals surface area contributed by atoms with Gasteiger partial charge in [-0.05, 0) is 51.2 Å². The first-order valence-corrected chi connectivity index (χ1v) is 13.5. The maximum atomic E-state index is 14.1. The highest BCUT2D eigenvalue weighted by molar-refractivity contribution is 7.71. The second kappa shape index (κ2) is 11.9. The number of nitrogens with two attached hydrogens (primary N) is 1. The normalized spacial score (nSPS) is 25.7. The zero-order chi connectivity index (χ0) is 29.2. The number of ether oxygens (including phenoxy) is 2. The van der Waals surface area contributed by atoms with Crippen LogP contribution in [0.5, 0.6) is 5.75 Å².